The number of nitrogens with two attached hydrogens (primary N) is 6. The van der Waals surface area contributed by atoms with Gasteiger partial charge in [0.2, 0.25) is 47.3 Å². The molecule has 8 amide bonds. The molecule has 0 aliphatic rings. The van der Waals surface area contributed by atoms with Gasteiger partial charge in [-0.15, -0.1) is 0 Å². The summed E-state index contributed by atoms with van der Waals surface area (Å²) in [7, 11) is 0. The molecule has 34 heteroatoms. The first kappa shape index (κ1) is 107. The topological polar surface area (TPSA) is 578 Å². The Kier molecular flexibility index (Phi) is 57.8. The monoisotopic (exact) mass is 1690 g/mol. The smallest absolute Gasteiger partial charge is 0.305 e. The number of carboxylic acid groups (broad SMARTS) is 1. The summed E-state index contributed by atoms with van der Waals surface area (Å²) in [6.45, 7) is 5.98. The lowest BCUT2D eigenvalue weighted by Crippen LogP contribution is -2.51. The summed E-state index contributed by atoms with van der Waals surface area (Å²) in [5.41, 5.74) is 34.4. The van der Waals surface area contributed by atoms with Crippen molar-refractivity contribution in [2.45, 2.75) is 289 Å². The molecular formula is C83H141N13O19S2. The summed E-state index contributed by atoms with van der Waals surface area (Å²) in [5, 5.41) is 56.3. The number of amides is 8. The SMILES string of the molecule is CCCCCCCCCCCCCCCC(=O)C[C@@H](CCSC)C(=O)NCC(=O)C[C@@H](Cc1ccc(O)cc1)C(=O)N[C@@H](CCC(N)=O)C(=O)C[C@@H](CCCCN)C(=O)N[C@@H](CCCCN)C(=O)C[C@@H](CC(C)C)C(=O)N[C@@H](CCCN=C(N)N)C(=O)C[C@H](CO)C(=O)N[C@@H](CCSC)C(=O)C[C@H](C(=O)N[C@@H](CC(=O)O)C(N)=O)[C@@H](C)O. The molecular weight excluding hydrogens is 1550 g/mol. The van der Waals surface area contributed by atoms with Crippen molar-refractivity contribution in [2.75, 3.05) is 56.8 Å². The van der Waals surface area contributed by atoms with Gasteiger partial charge in [0.25, 0.3) is 0 Å². The zero-order chi connectivity index (χ0) is 87.8. The van der Waals surface area contributed by atoms with Crippen molar-refractivity contribution >= 4 is 117 Å². The van der Waals surface area contributed by atoms with Crippen LogP contribution in [0.2, 0.25) is 0 Å². The predicted molar refractivity (Wildman–Crippen MR) is 453 cm³/mol. The number of rotatable bonds is 73. The number of nitrogens with one attached hydrogen (secondary N) is 6. The second-order valence-corrected chi connectivity index (χ2v) is 33.3. The van der Waals surface area contributed by atoms with Crippen LogP contribution in [-0.4, -0.2) is 207 Å². The molecule has 1 rings (SSSR count). The number of guanidine groups is 1. The lowest BCUT2D eigenvalue weighted by molar-refractivity contribution is -0.141. The van der Waals surface area contributed by atoms with Crippen LogP contribution >= 0.6 is 23.5 Å². The second kappa shape index (κ2) is 63.2. The fourth-order valence-electron chi connectivity index (χ4n) is 13.7. The maximum atomic E-state index is 14.9. The number of unbranched alkanes of at least 4 members (excludes halogenated alkanes) is 14. The summed E-state index contributed by atoms with van der Waals surface area (Å²) in [4.78, 5) is 210. The maximum Gasteiger partial charge on any atom is 0.305 e. The molecule has 22 N–H and O–H groups in total. The first-order valence-electron chi connectivity index (χ1n) is 41.9. The number of ketones is 6. The summed E-state index contributed by atoms with van der Waals surface area (Å²) < 4.78 is 0. The Hall–Kier alpha value is -7.92. The van der Waals surface area contributed by atoms with Crippen LogP contribution < -0.4 is 66.3 Å². The van der Waals surface area contributed by atoms with E-state index in [1.165, 1.54) is 100 Å². The van der Waals surface area contributed by atoms with Crippen molar-refractivity contribution in [2.24, 2.45) is 80.8 Å². The number of carbonyl (C=O) groups excluding carboxylic acids is 14. The predicted octanol–water partition coefficient (Wildman–Crippen LogP) is 4.87. The minimum Gasteiger partial charge on any atom is -0.508 e. The molecule has 664 valence electrons. The largest absolute Gasteiger partial charge is 0.508 e. The first-order valence-corrected chi connectivity index (χ1v) is 44.7. The van der Waals surface area contributed by atoms with Crippen molar-refractivity contribution in [1.82, 2.24) is 31.9 Å². The van der Waals surface area contributed by atoms with Crippen LogP contribution in [0.3, 0.4) is 0 Å². The van der Waals surface area contributed by atoms with Crippen LogP contribution in [0.25, 0.3) is 0 Å². The number of nitrogens with zero attached hydrogens (tertiary/aromatic N) is 1. The summed E-state index contributed by atoms with van der Waals surface area (Å²) in [5.74, 6) is -18.7. The Balaban J connectivity index is 3.60. The Labute approximate surface area is 700 Å². The number of aliphatic imine (C=N–C) groups is 1. The van der Waals surface area contributed by atoms with E-state index in [0.29, 0.717) is 49.8 Å². The lowest BCUT2D eigenvalue weighted by Gasteiger charge is -2.27. The van der Waals surface area contributed by atoms with E-state index in [1.54, 1.807) is 32.2 Å². The zero-order valence-corrected chi connectivity index (χ0v) is 71.8. The molecule has 0 unspecified atom stereocenters. The Morgan fingerprint density at radius 2 is 0.897 bits per heavy atom. The standard InChI is InChI=1S/C83H141N13O19S2/c1-7-8-9-10-11-12-13-14-15-16-17-18-19-26-62(100)44-57(35-40-116-5)77(110)91-51-63(101)45-59(43-55-29-31-61(99)32-30-55)80(113)94-67(33-34-74(86)106)70(102)46-56(25-20-22-37-84)78(111)92-65(27-21-23-38-85)71(103)47-58(42-53(2)3)79(112)93-66(28-24-39-90-83(88)89)72(104)48-60(52-97)81(114)95-68(36-41-117-6)73(105)49-64(54(4)98)82(115)96-69(76(87)109)50-75(107)108/h29-32,53-54,56-60,64-69,97-99H,7-28,33-52,84-85H2,1-6H3,(H2,86,106)(H2,87,109)(H,91,110)(H,92,111)(H,93,112)(H,94,113)(H,95,114)(H,96,115)(H,107,108)(H4,88,89,90)/t54-,56-,57-,58-,59-,60-,64+,65+,66+,67+,68+,69+/m1/s1. The van der Waals surface area contributed by atoms with Crippen LogP contribution in [0.15, 0.2) is 29.3 Å². The summed E-state index contributed by atoms with van der Waals surface area (Å²) in [6.07, 6.45) is 15.0. The third kappa shape index (κ3) is 48.7. The molecule has 0 bridgehead atoms. The van der Waals surface area contributed by atoms with Crippen LogP contribution in [0.5, 0.6) is 5.75 Å². The molecule has 1 aromatic rings. The Morgan fingerprint density at radius 1 is 0.453 bits per heavy atom. The molecule has 0 saturated heterocycles. The van der Waals surface area contributed by atoms with Crippen LogP contribution in [0, 0.1) is 41.4 Å². The van der Waals surface area contributed by atoms with E-state index in [1.807, 2.05) is 6.26 Å². The number of hydrogen-bond acceptors (Lipinski definition) is 23. The number of aliphatic hydroxyl groups excluding tert-OH is 2. The van der Waals surface area contributed by atoms with E-state index in [9.17, 15) is 92.3 Å². The van der Waals surface area contributed by atoms with Gasteiger partial charge < -0.3 is 86.7 Å². The number of Topliss-reactive ketones (excluding diaryl/α,β-unsaturated/α-hetero) is 6. The van der Waals surface area contributed by atoms with E-state index >= 15 is 0 Å². The van der Waals surface area contributed by atoms with Gasteiger partial charge in [0.1, 0.15) is 17.6 Å². The average molecular weight is 1690 g/mol. The summed E-state index contributed by atoms with van der Waals surface area (Å²) >= 11 is 2.82. The molecule has 0 aliphatic heterocycles. The van der Waals surface area contributed by atoms with Crippen LogP contribution in [0.4, 0.5) is 0 Å². The number of hydrogen-bond donors (Lipinski definition) is 16. The van der Waals surface area contributed by atoms with Crippen molar-refractivity contribution in [3.63, 3.8) is 0 Å². The van der Waals surface area contributed by atoms with Crippen molar-refractivity contribution in [1.29, 1.82) is 0 Å². The van der Waals surface area contributed by atoms with E-state index in [-0.39, 0.29) is 107 Å². The highest BCUT2D eigenvalue weighted by Gasteiger charge is 2.38. The first-order chi connectivity index (χ1) is 55.6. The number of aliphatic hydroxyl groups is 2. The number of benzene rings is 1. The van der Waals surface area contributed by atoms with Gasteiger partial charge in [-0.05, 0) is 151 Å². The number of carboxylic acids is 1. The number of thioether (sulfide) groups is 2. The molecule has 0 aliphatic carbocycles. The molecule has 0 fully saturated rings. The van der Waals surface area contributed by atoms with Crippen molar-refractivity contribution in [3.8, 4) is 5.75 Å². The van der Waals surface area contributed by atoms with Gasteiger partial charge in [-0.25, -0.2) is 0 Å². The fraction of sp³-hybridized carbons (Fsp3) is 0.735. The molecule has 12 atom stereocenters. The third-order valence-electron chi connectivity index (χ3n) is 20.6. The molecule has 0 radical (unpaired) electrons. The highest BCUT2D eigenvalue weighted by Crippen LogP contribution is 2.26. The van der Waals surface area contributed by atoms with E-state index in [4.69, 9.17) is 34.4 Å². The Bertz CT molecular complexity index is 3250. The minimum absolute atomic E-state index is 0.0157. The molecule has 32 nitrogen and oxygen atoms in total. The van der Waals surface area contributed by atoms with E-state index < -0.39 is 212 Å². The average Bonchev–Trinajstić information content (AvgIpc) is 0.860. The third-order valence-corrected chi connectivity index (χ3v) is 21.9. The summed E-state index contributed by atoms with van der Waals surface area (Å²) in [6, 6.07) is -1.25. The Morgan fingerprint density at radius 3 is 1.39 bits per heavy atom. The normalized spacial score (nSPS) is 14.4. The number of aromatic hydroxyl groups is 1. The molecule has 0 saturated carbocycles. The zero-order valence-electron chi connectivity index (χ0n) is 70.2. The molecule has 117 heavy (non-hydrogen) atoms. The van der Waals surface area contributed by atoms with E-state index in [2.05, 4.69) is 43.8 Å². The number of phenols is 1. The highest BCUT2D eigenvalue weighted by molar-refractivity contribution is 7.98. The van der Waals surface area contributed by atoms with Gasteiger partial charge in [-0.1, -0.05) is 116 Å². The van der Waals surface area contributed by atoms with E-state index in [0.717, 1.165) is 25.7 Å². The van der Waals surface area contributed by atoms with Crippen LogP contribution in [0.1, 0.15) is 252 Å². The lowest BCUT2D eigenvalue weighted by atomic mass is 9.87. The number of aliphatic carboxylic acids is 1. The molecule has 1 aromatic carbocycles. The van der Waals surface area contributed by atoms with Crippen LogP contribution in [-0.2, 0) is 78.3 Å². The van der Waals surface area contributed by atoms with Gasteiger partial charge in [0.05, 0.1) is 61.7 Å². The molecule has 0 spiro atoms. The quantitative estimate of drug-likeness (QED) is 0.0235. The van der Waals surface area contributed by atoms with Gasteiger partial charge in [-0.3, -0.25) is 76.9 Å². The minimum atomic E-state index is -1.69. The van der Waals surface area contributed by atoms with Gasteiger partial charge >= 0.3 is 5.97 Å². The van der Waals surface area contributed by atoms with Crippen molar-refractivity contribution in [3.05, 3.63) is 29.8 Å². The second-order valence-electron chi connectivity index (χ2n) is 31.3. The maximum absolute atomic E-state index is 14.9. The van der Waals surface area contributed by atoms with Gasteiger partial charge in [-0.2, -0.15) is 23.5 Å². The molecule has 0 aromatic heterocycles. The fourth-order valence-corrected chi connectivity index (χ4v) is 14.7. The van der Waals surface area contributed by atoms with Gasteiger partial charge in [0.15, 0.2) is 34.9 Å². The van der Waals surface area contributed by atoms with Gasteiger partial charge in [0, 0.05) is 81.6 Å². The van der Waals surface area contributed by atoms with Crippen molar-refractivity contribution < 1.29 is 92.3 Å². The number of phenolic OH excluding ortho intramolecular Hbond substituents is 1. The molecule has 0 heterocycles. The highest BCUT2D eigenvalue weighted by atomic mass is 32.2. The number of primary amides is 2. The number of carbonyl (C=O) groups is 15.